The average molecular weight is 817 g/mol. The molecule has 15 heteroatoms. The Hall–Kier alpha value is -5.65. The Morgan fingerprint density at radius 1 is 0.915 bits per heavy atom. The summed E-state index contributed by atoms with van der Waals surface area (Å²) >= 11 is 6.36. The minimum absolute atomic E-state index is 0.0612. The van der Waals surface area contributed by atoms with Crippen molar-refractivity contribution < 1.29 is 28.8 Å². The number of benzene rings is 2. The van der Waals surface area contributed by atoms with Crippen LogP contribution in [0.5, 0.6) is 0 Å². The molecule has 9 rings (SSSR count). The molecule has 59 heavy (non-hydrogen) atoms. The molecule has 4 fully saturated rings. The largest absolute Gasteiger partial charge is 0.370 e. The number of aromatic nitrogens is 1. The molecule has 2 aromatic carbocycles. The number of fused-ring (bicyclic) bond motifs is 2. The van der Waals surface area contributed by atoms with Crippen molar-refractivity contribution in [2.75, 3.05) is 49.1 Å². The number of carbonyl (C=O) groups excluding carboxylic acids is 6. The summed E-state index contributed by atoms with van der Waals surface area (Å²) in [6.45, 7) is 7.10. The SMILES string of the molecule is C[C@H]1CC2(CCN(c3ccc(C(=O)N4CCC(C(=O)CN5Cc6cc7c(cc6C5)C(=O)N(C5CCC(=O)NC5=O)C7=O)CC4)nc3)CC2)CN1c1ccc(C#N)c(Cl)c1. The first kappa shape index (κ1) is 38.8. The van der Waals surface area contributed by atoms with Gasteiger partial charge in [0.1, 0.15) is 23.6 Å². The van der Waals surface area contributed by atoms with Gasteiger partial charge in [-0.15, -0.1) is 0 Å². The lowest BCUT2D eigenvalue weighted by Gasteiger charge is -2.40. The highest BCUT2D eigenvalue weighted by molar-refractivity contribution is 6.32. The van der Waals surface area contributed by atoms with Crippen LogP contribution in [0.15, 0.2) is 48.7 Å². The van der Waals surface area contributed by atoms with Gasteiger partial charge in [0.25, 0.3) is 17.7 Å². The number of hydrogen-bond donors (Lipinski definition) is 1. The van der Waals surface area contributed by atoms with Crippen LogP contribution in [-0.4, -0.2) is 106 Å². The van der Waals surface area contributed by atoms with E-state index in [0.717, 1.165) is 66.3 Å². The second-order valence-corrected chi connectivity index (χ2v) is 17.5. The minimum atomic E-state index is -1.01. The van der Waals surface area contributed by atoms with E-state index in [4.69, 9.17) is 11.6 Å². The monoisotopic (exact) mass is 816 g/mol. The molecule has 3 aromatic rings. The molecule has 14 nitrogen and oxygen atoms in total. The van der Waals surface area contributed by atoms with E-state index in [2.05, 4.69) is 33.1 Å². The van der Waals surface area contributed by atoms with Gasteiger partial charge in [0.15, 0.2) is 0 Å². The number of amides is 5. The lowest BCUT2D eigenvalue weighted by molar-refractivity contribution is -0.136. The highest BCUT2D eigenvalue weighted by Gasteiger charge is 2.46. The number of nitrogens with zero attached hydrogens (tertiary/aromatic N) is 7. The molecule has 1 spiro atoms. The van der Waals surface area contributed by atoms with Gasteiger partial charge in [-0.2, -0.15) is 5.26 Å². The molecule has 304 valence electrons. The summed E-state index contributed by atoms with van der Waals surface area (Å²) in [5.41, 5.74) is 5.38. The van der Waals surface area contributed by atoms with Crippen molar-refractivity contribution in [3.05, 3.63) is 87.2 Å². The average Bonchev–Trinajstić information content (AvgIpc) is 3.86. The van der Waals surface area contributed by atoms with Crippen LogP contribution in [-0.2, 0) is 27.5 Å². The number of nitrogens with one attached hydrogen (secondary N) is 1. The van der Waals surface area contributed by atoms with Gasteiger partial charge in [0.05, 0.1) is 40.1 Å². The fraction of sp³-hybridized carbons (Fsp3) is 0.455. The van der Waals surface area contributed by atoms with E-state index in [9.17, 15) is 34.0 Å². The normalized spacial score (nSPS) is 23.1. The first-order valence-corrected chi connectivity index (χ1v) is 20.9. The number of pyridine rings is 1. The molecule has 2 atom stereocenters. The third-order valence-corrected chi connectivity index (χ3v) is 13.8. The third-order valence-electron chi connectivity index (χ3n) is 13.5. The quantitative estimate of drug-likeness (QED) is 0.337. The van der Waals surface area contributed by atoms with Crippen LogP contribution >= 0.6 is 11.6 Å². The van der Waals surface area contributed by atoms with Gasteiger partial charge in [0, 0.05) is 69.9 Å². The Kier molecular flexibility index (Phi) is 10.00. The fourth-order valence-electron chi connectivity index (χ4n) is 10.2. The molecule has 5 amide bonds. The summed E-state index contributed by atoms with van der Waals surface area (Å²) in [5, 5.41) is 12.0. The van der Waals surface area contributed by atoms with Crippen LogP contribution in [0.25, 0.3) is 0 Å². The molecule has 6 aliphatic rings. The molecule has 1 unspecified atom stereocenters. The van der Waals surface area contributed by atoms with Crippen molar-refractivity contribution in [1.29, 1.82) is 5.26 Å². The van der Waals surface area contributed by atoms with Crippen molar-refractivity contribution in [2.45, 2.75) is 77.0 Å². The number of hydrogen-bond acceptors (Lipinski definition) is 11. The molecular formula is C44H45ClN8O6. The maximum Gasteiger partial charge on any atom is 0.272 e. The standard InChI is InChI=1S/C44H45ClN8O6/c1-26-19-44(25-52(26)31-3-2-28(20-46)35(45)18-31)10-14-50(15-11-44)32-4-5-36(47-21-32)43(59)51-12-8-27(9-13-51)38(54)24-49-22-29-16-33-34(17-30(29)23-49)42(58)53(41(33)57)37-6-7-39(55)48-40(37)56/h2-5,16-18,21,26-27,37H,6-15,19,22-25H2,1H3,(H,48,55,56)/t26-,37?/m0/s1. The van der Waals surface area contributed by atoms with Crippen LogP contribution in [0.3, 0.4) is 0 Å². The van der Waals surface area contributed by atoms with Gasteiger partial charge in [-0.3, -0.25) is 43.9 Å². The number of likely N-dealkylation sites (tertiary alicyclic amines) is 1. The van der Waals surface area contributed by atoms with Crippen LogP contribution in [0.1, 0.15) is 99.8 Å². The number of ketones is 1. The Balaban J connectivity index is 0.739. The highest BCUT2D eigenvalue weighted by Crippen LogP contribution is 2.46. The zero-order chi connectivity index (χ0) is 41.2. The topological polar surface area (TPSA) is 167 Å². The minimum Gasteiger partial charge on any atom is -0.370 e. The third kappa shape index (κ3) is 7.14. The second-order valence-electron chi connectivity index (χ2n) is 17.1. The molecule has 7 heterocycles. The molecule has 1 N–H and O–H groups in total. The van der Waals surface area contributed by atoms with E-state index >= 15 is 0 Å². The Labute approximate surface area is 347 Å². The van der Waals surface area contributed by atoms with Crippen LogP contribution in [0.2, 0.25) is 5.02 Å². The van der Waals surface area contributed by atoms with Crippen molar-refractivity contribution in [3.63, 3.8) is 0 Å². The van der Waals surface area contributed by atoms with Crippen molar-refractivity contribution in [1.82, 2.24) is 25.0 Å². The van der Waals surface area contributed by atoms with Gasteiger partial charge >= 0.3 is 0 Å². The van der Waals surface area contributed by atoms with Gasteiger partial charge in [-0.25, -0.2) is 4.98 Å². The van der Waals surface area contributed by atoms with Gasteiger partial charge in [-0.1, -0.05) is 11.6 Å². The molecular weight excluding hydrogens is 772 g/mol. The van der Waals surface area contributed by atoms with Crippen LogP contribution < -0.4 is 15.1 Å². The summed E-state index contributed by atoms with van der Waals surface area (Å²) in [5.74, 6) is -2.34. The summed E-state index contributed by atoms with van der Waals surface area (Å²) in [4.78, 5) is 91.7. The molecule has 1 aromatic heterocycles. The zero-order valence-corrected chi connectivity index (χ0v) is 33.7. The Bertz CT molecular complexity index is 2280. The van der Waals surface area contributed by atoms with Crippen LogP contribution in [0, 0.1) is 22.7 Å². The van der Waals surface area contributed by atoms with Gasteiger partial charge < -0.3 is 14.7 Å². The molecule has 0 aliphatic carbocycles. The van der Waals surface area contributed by atoms with E-state index in [-0.39, 0.29) is 53.5 Å². The first-order chi connectivity index (χ1) is 28.4. The summed E-state index contributed by atoms with van der Waals surface area (Å²) < 4.78 is 0. The summed E-state index contributed by atoms with van der Waals surface area (Å²) in [6, 6.07) is 14.4. The van der Waals surface area contributed by atoms with E-state index in [1.807, 2.05) is 29.2 Å². The Morgan fingerprint density at radius 3 is 2.20 bits per heavy atom. The number of nitriles is 1. The van der Waals surface area contributed by atoms with Crippen molar-refractivity contribution >= 4 is 58.3 Å². The smallest absolute Gasteiger partial charge is 0.272 e. The maximum absolute atomic E-state index is 13.5. The number of Topliss-reactive ketones (excluding diaryl/α,β-unsaturated/α-hetero) is 1. The second kappa shape index (κ2) is 15.2. The number of halogens is 1. The van der Waals surface area contributed by atoms with Crippen molar-refractivity contribution in [2.24, 2.45) is 11.3 Å². The number of piperidine rings is 3. The van der Waals surface area contributed by atoms with E-state index in [1.54, 1.807) is 29.3 Å². The number of anilines is 2. The van der Waals surface area contributed by atoms with E-state index < -0.39 is 29.7 Å². The molecule has 0 radical (unpaired) electrons. The first-order valence-electron chi connectivity index (χ1n) is 20.5. The zero-order valence-electron chi connectivity index (χ0n) is 32.9. The van der Waals surface area contributed by atoms with Crippen LogP contribution in [0.4, 0.5) is 11.4 Å². The molecule has 0 saturated carbocycles. The Morgan fingerprint density at radius 2 is 1.59 bits per heavy atom. The number of imide groups is 2. The predicted molar refractivity (Wildman–Crippen MR) is 217 cm³/mol. The maximum atomic E-state index is 13.5. The molecule has 0 bridgehead atoms. The highest BCUT2D eigenvalue weighted by atomic mass is 35.5. The summed E-state index contributed by atoms with van der Waals surface area (Å²) in [7, 11) is 0. The molecule has 4 saturated heterocycles. The summed E-state index contributed by atoms with van der Waals surface area (Å²) in [6.07, 6.45) is 6.30. The van der Waals surface area contributed by atoms with E-state index in [0.29, 0.717) is 61.3 Å². The number of carbonyl (C=O) groups is 6. The van der Waals surface area contributed by atoms with Gasteiger partial charge in [-0.05, 0) is 104 Å². The lowest BCUT2D eigenvalue weighted by atomic mass is 9.76. The van der Waals surface area contributed by atoms with E-state index in [1.165, 1.54) is 0 Å². The van der Waals surface area contributed by atoms with Gasteiger partial charge in [0.2, 0.25) is 11.8 Å². The fourth-order valence-corrected chi connectivity index (χ4v) is 10.4. The molecule has 6 aliphatic heterocycles. The van der Waals surface area contributed by atoms with Crippen molar-refractivity contribution in [3.8, 4) is 6.07 Å². The lowest BCUT2D eigenvalue weighted by Crippen LogP contribution is -2.54. The number of rotatable bonds is 7. The predicted octanol–water partition coefficient (Wildman–Crippen LogP) is 4.33.